The van der Waals surface area contributed by atoms with E-state index in [2.05, 4.69) is 4.98 Å². The number of aromatic nitrogens is 1. The van der Waals surface area contributed by atoms with Gasteiger partial charge in [0.15, 0.2) is 0 Å². The number of hydrogen-bond donors (Lipinski definition) is 2. The number of hydrogen-bond acceptors (Lipinski definition) is 4. The van der Waals surface area contributed by atoms with Gasteiger partial charge < -0.3 is 11.5 Å². The van der Waals surface area contributed by atoms with Crippen molar-refractivity contribution in [2.24, 2.45) is 5.73 Å². The molecule has 0 aliphatic heterocycles. The van der Waals surface area contributed by atoms with E-state index in [4.69, 9.17) is 11.5 Å². The Morgan fingerprint density at radius 3 is 2.53 bits per heavy atom. The number of nitrogens with zero attached hydrogens (tertiary/aromatic N) is 1. The Morgan fingerprint density at radius 1 is 1.18 bits per heavy atom. The first-order valence-electron chi connectivity index (χ1n) is 4.94. The van der Waals surface area contributed by atoms with Gasteiger partial charge in [-0.2, -0.15) is 0 Å². The number of carbonyl (C=O) groups excluding carboxylic acids is 1. The molecule has 0 aliphatic carbocycles. The van der Waals surface area contributed by atoms with Gasteiger partial charge in [-0.25, -0.2) is 0 Å². The summed E-state index contributed by atoms with van der Waals surface area (Å²) in [5, 5.41) is 0. The first-order valence-corrected chi connectivity index (χ1v) is 5.76. The van der Waals surface area contributed by atoms with Crippen LogP contribution in [-0.2, 0) is 0 Å². The van der Waals surface area contributed by atoms with Gasteiger partial charge in [-0.05, 0) is 24.3 Å². The number of primary amides is 1. The number of benzene rings is 1. The summed E-state index contributed by atoms with van der Waals surface area (Å²) in [4.78, 5) is 16.9. The third-order valence-electron chi connectivity index (χ3n) is 2.21. The van der Waals surface area contributed by atoms with Gasteiger partial charge in [0.05, 0.1) is 11.3 Å². The van der Waals surface area contributed by atoms with Gasteiger partial charge in [0, 0.05) is 22.2 Å². The van der Waals surface area contributed by atoms with Crippen LogP contribution in [0.1, 0.15) is 10.4 Å². The summed E-state index contributed by atoms with van der Waals surface area (Å²) < 4.78 is 0. The van der Waals surface area contributed by atoms with E-state index in [1.165, 1.54) is 11.8 Å². The topological polar surface area (TPSA) is 82.0 Å². The Hall–Kier alpha value is -2.01. The van der Waals surface area contributed by atoms with Gasteiger partial charge in [0.25, 0.3) is 5.91 Å². The lowest BCUT2D eigenvalue weighted by molar-refractivity contribution is 0.100. The second-order valence-corrected chi connectivity index (χ2v) is 4.48. The molecular weight excluding hydrogens is 234 g/mol. The van der Waals surface area contributed by atoms with E-state index in [0.717, 1.165) is 9.79 Å². The molecule has 1 aromatic carbocycles. The third-order valence-corrected chi connectivity index (χ3v) is 3.29. The molecule has 0 aliphatic rings. The van der Waals surface area contributed by atoms with E-state index in [-0.39, 0.29) is 0 Å². The number of nitrogen functional groups attached to an aromatic ring is 1. The van der Waals surface area contributed by atoms with Gasteiger partial charge in [-0.15, -0.1) is 0 Å². The average Bonchev–Trinajstić information content (AvgIpc) is 2.33. The summed E-state index contributed by atoms with van der Waals surface area (Å²) >= 11 is 1.47. The van der Waals surface area contributed by atoms with Crippen LogP contribution in [0.4, 0.5) is 5.69 Å². The van der Waals surface area contributed by atoms with Crippen molar-refractivity contribution >= 4 is 23.4 Å². The monoisotopic (exact) mass is 245 g/mol. The fraction of sp³-hybridized carbons (Fsp3) is 0. The summed E-state index contributed by atoms with van der Waals surface area (Å²) in [6, 6.07) is 8.99. The van der Waals surface area contributed by atoms with Gasteiger partial charge in [0.2, 0.25) is 0 Å². The van der Waals surface area contributed by atoms with Gasteiger partial charge >= 0.3 is 0 Å². The Kier molecular flexibility index (Phi) is 3.30. The molecule has 0 saturated carbocycles. The lowest BCUT2D eigenvalue weighted by Crippen LogP contribution is -2.13. The summed E-state index contributed by atoms with van der Waals surface area (Å²) in [6.07, 6.45) is 3.41. The maximum absolute atomic E-state index is 11.1. The molecule has 0 fully saturated rings. The first kappa shape index (κ1) is 11.5. The van der Waals surface area contributed by atoms with Crippen molar-refractivity contribution in [3.8, 4) is 0 Å². The predicted molar refractivity (Wildman–Crippen MR) is 67.7 cm³/mol. The second-order valence-electron chi connectivity index (χ2n) is 3.37. The van der Waals surface area contributed by atoms with Crippen molar-refractivity contribution in [1.29, 1.82) is 0 Å². The molecule has 2 aromatic rings. The maximum atomic E-state index is 11.1. The van der Waals surface area contributed by atoms with E-state index < -0.39 is 5.91 Å². The molecular formula is C12H11N3OS. The van der Waals surface area contributed by atoms with Crippen LogP contribution in [0, 0.1) is 0 Å². The largest absolute Gasteiger partial charge is 0.397 e. The fourth-order valence-electron chi connectivity index (χ4n) is 1.38. The lowest BCUT2D eigenvalue weighted by atomic mass is 10.2. The van der Waals surface area contributed by atoms with Crippen molar-refractivity contribution in [2.75, 3.05) is 5.73 Å². The number of anilines is 1. The zero-order valence-corrected chi connectivity index (χ0v) is 9.78. The van der Waals surface area contributed by atoms with E-state index in [0.29, 0.717) is 11.3 Å². The predicted octanol–water partition coefficient (Wildman–Crippen LogP) is 1.91. The number of nitrogens with two attached hydrogens (primary N) is 2. The Labute approximate surface area is 103 Å². The first-order chi connectivity index (χ1) is 8.18. The molecule has 1 aromatic heterocycles. The molecule has 0 bridgehead atoms. The average molecular weight is 245 g/mol. The standard InChI is InChI=1S/C12H11N3OS/c13-11-9(12(14)16)2-1-3-10(11)17-8-4-6-15-7-5-8/h1-7H,13H2,(H2,14,16). The van der Waals surface area contributed by atoms with Crippen molar-refractivity contribution in [3.63, 3.8) is 0 Å². The number of rotatable bonds is 3. The van der Waals surface area contributed by atoms with Crippen LogP contribution in [-0.4, -0.2) is 10.9 Å². The Bertz CT molecular complexity index is 543. The smallest absolute Gasteiger partial charge is 0.250 e. The molecule has 0 atom stereocenters. The van der Waals surface area contributed by atoms with E-state index in [1.54, 1.807) is 24.5 Å². The van der Waals surface area contributed by atoms with Crippen LogP contribution in [0.25, 0.3) is 0 Å². The molecule has 5 heteroatoms. The lowest BCUT2D eigenvalue weighted by Gasteiger charge is -2.08. The van der Waals surface area contributed by atoms with Crippen molar-refractivity contribution < 1.29 is 4.79 Å². The Balaban J connectivity index is 2.34. The van der Waals surface area contributed by atoms with E-state index in [1.807, 2.05) is 18.2 Å². The van der Waals surface area contributed by atoms with E-state index in [9.17, 15) is 4.79 Å². The summed E-state index contributed by atoms with van der Waals surface area (Å²) in [7, 11) is 0. The fourth-order valence-corrected chi connectivity index (χ4v) is 2.26. The normalized spacial score (nSPS) is 10.1. The highest BCUT2D eigenvalue weighted by Crippen LogP contribution is 2.33. The summed E-state index contributed by atoms with van der Waals surface area (Å²) in [5.74, 6) is -0.514. The minimum Gasteiger partial charge on any atom is -0.397 e. The van der Waals surface area contributed by atoms with Crippen LogP contribution in [0.2, 0.25) is 0 Å². The van der Waals surface area contributed by atoms with Crippen molar-refractivity contribution in [1.82, 2.24) is 4.98 Å². The molecule has 0 radical (unpaired) electrons. The highest BCUT2D eigenvalue weighted by atomic mass is 32.2. The summed E-state index contributed by atoms with van der Waals surface area (Å²) in [5.41, 5.74) is 11.9. The molecule has 4 nitrogen and oxygen atoms in total. The van der Waals surface area contributed by atoms with Crippen LogP contribution < -0.4 is 11.5 Å². The molecule has 4 N–H and O–H groups in total. The maximum Gasteiger partial charge on any atom is 0.250 e. The minimum absolute atomic E-state index is 0.351. The number of para-hydroxylation sites is 1. The second kappa shape index (κ2) is 4.88. The van der Waals surface area contributed by atoms with E-state index >= 15 is 0 Å². The van der Waals surface area contributed by atoms with Crippen molar-refractivity contribution in [2.45, 2.75) is 9.79 Å². The van der Waals surface area contributed by atoms with Crippen LogP contribution >= 0.6 is 11.8 Å². The molecule has 0 saturated heterocycles. The SMILES string of the molecule is NC(=O)c1cccc(Sc2ccncc2)c1N. The molecule has 0 spiro atoms. The highest BCUT2D eigenvalue weighted by Gasteiger charge is 2.10. The minimum atomic E-state index is -0.514. The Morgan fingerprint density at radius 2 is 1.88 bits per heavy atom. The molecule has 0 unspecified atom stereocenters. The quantitative estimate of drug-likeness (QED) is 0.809. The van der Waals surface area contributed by atoms with Gasteiger partial charge in [-0.1, -0.05) is 17.8 Å². The molecule has 1 amide bonds. The molecule has 86 valence electrons. The molecule has 17 heavy (non-hydrogen) atoms. The van der Waals surface area contributed by atoms with Crippen LogP contribution in [0.15, 0.2) is 52.5 Å². The number of amides is 1. The number of carbonyl (C=O) groups is 1. The van der Waals surface area contributed by atoms with Crippen LogP contribution in [0.3, 0.4) is 0 Å². The molecule has 1 heterocycles. The van der Waals surface area contributed by atoms with Crippen LogP contribution in [0.5, 0.6) is 0 Å². The highest BCUT2D eigenvalue weighted by molar-refractivity contribution is 7.99. The summed E-state index contributed by atoms with van der Waals surface area (Å²) in [6.45, 7) is 0. The third kappa shape index (κ3) is 2.57. The number of pyridine rings is 1. The van der Waals surface area contributed by atoms with Gasteiger partial charge in [-0.3, -0.25) is 9.78 Å². The zero-order chi connectivity index (χ0) is 12.3. The molecule has 2 rings (SSSR count). The van der Waals surface area contributed by atoms with Gasteiger partial charge in [0.1, 0.15) is 0 Å². The zero-order valence-electron chi connectivity index (χ0n) is 8.96. The van der Waals surface area contributed by atoms with Crippen molar-refractivity contribution in [3.05, 3.63) is 48.3 Å².